The average Bonchev–Trinajstić information content (AvgIpc) is 3.20. The molecule has 0 saturated carbocycles. The maximum absolute atomic E-state index is 2.41. The van der Waals surface area contributed by atoms with E-state index in [1.54, 1.807) is 0 Å². The molecule has 0 spiro atoms. The zero-order valence-electron chi connectivity index (χ0n) is 12.2. The van der Waals surface area contributed by atoms with E-state index in [1.807, 2.05) is 11.3 Å². The number of rotatable bonds is 1. The molecule has 2 heterocycles. The van der Waals surface area contributed by atoms with Crippen molar-refractivity contribution < 1.29 is 0 Å². The zero-order valence-corrected chi connectivity index (χ0v) is 14.7. The predicted octanol–water partition coefficient (Wildman–Crippen LogP) is 5.92. The molecular weight excluding hydrogens is 351 g/mol. The summed E-state index contributed by atoms with van der Waals surface area (Å²) in [6.45, 7) is 2.25. The number of benzene rings is 2. The third-order valence-electron chi connectivity index (χ3n) is 4.32. The number of aryl methyl sites for hydroxylation is 1. The molecule has 1 aliphatic carbocycles. The molecule has 4 aromatic rings. The Hall–Kier alpha value is -1.60. The monoisotopic (exact) mass is 366 g/mol. The van der Waals surface area contributed by atoms with E-state index in [1.165, 1.54) is 45.4 Å². The van der Waals surface area contributed by atoms with Crippen LogP contribution in [0.15, 0.2) is 54.6 Å². The van der Waals surface area contributed by atoms with Crippen LogP contribution in [-0.4, -0.2) is 14.5 Å². The summed E-state index contributed by atoms with van der Waals surface area (Å²) in [6, 6.07) is 14.2. The second-order valence-corrected chi connectivity index (χ2v) is 9.70. The van der Waals surface area contributed by atoms with Crippen molar-refractivity contribution >= 4 is 61.9 Å². The maximum atomic E-state index is 2.41. The first-order chi connectivity index (χ1) is 10.8. The molecule has 0 unspecified atom stereocenters. The molecule has 0 amide bonds. The van der Waals surface area contributed by atoms with Gasteiger partial charge < -0.3 is 0 Å². The first-order valence-electron chi connectivity index (χ1n) is 7.50. The van der Waals surface area contributed by atoms with Crippen LogP contribution in [0, 0.1) is 6.92 Å². The van der Waals surface area contributed by atoms with E-state index >= 15 is 0 Å². The van der Waals surface area contributed by atoms with Crippen LogP contribution in [0.25, 0.3) is 36.1 Å². The van der Waals surface area contributed by atoms with Crippen LogP contribution in [0.2, 0.25) is 0 Å². The van der Waals surface area contributed by atoms with Crippen molar-refractivity contribution in [3.63, 3.8) is 0 Å². The van der Waals surface area contributed by atoms with Crippen molar-refractivity contribution in [1.82, 2.24) is 0 Å². The fraction of sp³-hybridized carbons (Fsp3) is 0.100. The molecule has 1 aliphatic rings. The Morgan fingerprint density at radius 3 is 2.64 bits per heavy atom. The van der Waals surface area contributed by atoms with Gasteiger partial charge in [-0.25, -0.2) is 0 Å². The molecule has 0 bridgehead atoms. The van der Waals surface area contributed by atoms with Gasteiger partial charge in [0.25, 0.3) is 0 Å². The molecule has 0 nitrogen and oxygen atoms in total. The van der Waals surface area contributed by atoms with Gasteiger partial charge in [0.05, 0.1) is 0 Å². The minimum atomic E-state index is 0.526. The number of hydrogen-bond donors (Lipinski definition) is 0. The summed E-state index contributed by atoms with van der Waals surface area (Å²) in [5.74, 6) is 0. The Bertz CT molecular complexity index is 1030. The zero-order chi connectivity index (χ0) is 14.7. The van der Waals surface area contributed by atoms with Gasteiger partial charge in [-0.1, -0.05) is 0 Å². The van der Waals surface area contributed by atoms with Crippen LogP contribution in [0.3, 0.4) is 0 Å². The second kappa shape index (κ2) is 4.70. The Balaban J connectivity index is 1.77. The van der Waals surface area contributed by atoms with E-state index in [4.69, 9.17) is 0 Å². The Morgan fingerprint density at radius 1 is 0.909 bits per heavy atom. The third kappa shape index (κ3) is 1.95. The first-order valence-corrected chi connectivity index (χ1v) is 10.0. The summed E-state index contributed by atoms with van der Waals surface area (Å²) in [7, 11) is 0. The minimum absolute atomic E-state index is 0.526. The van der Waals surface area contributed by atoms with Gasteiger partial charge in [-0.2, -0.15) is 0 Å². The number of thiophene rings is 1. The van der Waals surface area contributed by atoms with Gasteiger partial charge in [0.15, 0.2) is 0 Å². The summed E-state index contributed by atoms with van der Waals surface area (Å²) in [5, 5.41) is 5.58. The van der Waals surface area contributed by atoms with Gasteiger partial charge >= 0.3 is 139 Å². The van der Waals surface area contributed by atoms with E-state index in [0.717, 1.165) is 6.42 Å². The van der Waals surface area contributed by atoms with Crippen LogP contribution in [-0.2, 0) is 0 Å². The Morgan fingerprint density at radius 2 is 1.77 bits per heavy atom. The van der Waals surface area contributed by atoms with Crippen molar-refractivity contribution in [3.8, 4) is 0 Å². The summed E-state index contributed by atoms with van der Waals surface area (Å²) < 4.78 is 4.47. The molecule has 2 aromatic carbocycles. The van der Waals surface area contributed by atoms with Gasteiger partial charge in [-0.15, -0.1) is 0 Å². The molecule has 5 rings (SSSR count). The fourth-order valence-electron chi connectivity index (χ4n) is 3.24. The third-order valence-corrected chi connectivity index (χ3v) is 7.62. The molecule has 106 valence electrons. The van der Waals surface area contributed by atoms with Crippen molar-refractivity contribution in [2.45, 2.75) is 13.3 Å². The predicted molar refractivity (Wildman–Crippen MR) is 100 cm³/mol. The summed E-state index contributed by atoms with van der Waals surface area (Å²) in [5.41, 5.74) is 1.45. The van der Waals surface area contributed by atoms with Crippen LogP contribution in [0.1, 0.15) is 15.7 Å². The standard InChI is InChI=1S/C20H14SSe/c1-12-6-17-8-14-9-19-16(7-15(14)11-20(17)22-12)10-18(21-19)13-4-2-3-5-13/h2-4,6-11H,5H2,1H3. The van der Waals surface area contributed by atoms with Crippen molar-refractivity contribution in [2.75, 3.05) is 0 Å². The summed E-state index contributed by atoms with van der Waals surface area (Å²) in [4.78, 5) is 1.42. The molecule has 22 heavy (non-hydrogen) atoms. The van der Waals surface area contributed by atoms with Crippen molar-refractivity contribution in [1.29, 1.82) is 0 Å². The Labute approximate surface area is 139 Å². The molecule has 0 N–H and O–H groups in total. The van der Waals surface area contributed by atoms with Crippen LogP contribution in [0.4, 0.5) is 0 Å². The van der Waals surface area contributed by atoms with E-state index in [0.29, 0.717) is 14.5 Å². The second-order valence-electron chi connectivity index (χ2n) is 5.92. The van der Waals surface area contributed by atoms with E-state index in [9.17, 15) is 0 Å². The van der Waals surface area contributed by atoms with E-state index in [2.05, 4.69) is 61.5 Å². The summed E-state index contributed by atoms with van der Waals surface area (Å²) in [6.07, 6.45) is 7.72. The fourth-order valence-corrected chi connectivity index (χ4v) is 6.37. The number of hydrogen-bond acceptors (Lipinski definition) is 1. The van der Waals surface area contributed by atoms with Crippen LogP contribution in [0.5, 0.6) is 0 Å². The topological polar surface area (TPSA) is 0 Å². The normalized spacial score (nSPS) is 14.5. The molecule has 0 aliphatic heterocycles. The summed E-state index contributed by atoms with van der Waals surface area (Å²) >= 11 is 2.45. The quantitative estimate of drug-likeness (QED) is 0.368. The Kier molecular flexibility index (Phi) is 2.75. The molecule has 0 fully saturated rings. The first kappa shape index (κ1) is 12.9. The van der Waals surface area contributed by atoms with E-state index < -0.39 is 0 Å². The number of allylic oxidation sites excluding steroid dienone is 4. The van der Waals surface area contributed by atoms with Crippen LogP contribution >= 0.6 is 11.3 Å². The molecule has 2 heteroatoms. The van der Waals surface area contributed by atoms with Crippen molar-refractivity contribution in [3.05, 3.63) is 63.9 Å². The van der Waals surface area contributed by atoms with Gasteiger partial charge in [0.2, 0.25) is 0 Å². The molecule has 0 atom stereocenters. The van der Waals surface area contributed by atoms with Gasteiger partial charge in [0, 0.05) is 0 Å². The van der Waals surface area contributed by atoms with E-state index in [-0.39, 0.29) is 0 Å². The van der Waals surface area contributed by atoms with Gasteiger partial charge in [-0.3, -0.25) is 0 Å². The average molecular weight is 365 g/mol. The van der Waals surface area contributed by atoms with Crippen molar-refractivity contribution in [2.24, 2.45) is 0 Å². The van der Waals surface area contributed by atoms with Crippen LogP contribution < -0.4 is 0 Å². The molecule has 2 aromatic heterocycles. The molecule has 0 radical (unpaired) electrons. The molecule has 0 saturated heterocycles. The SMILES string of the molecule is Cc1cc2cc3cc4sc(C5=CC=CC5)cc4cc3cc2[se]1. The van der Waals surface area contributed by atoms with Gasteiger partial charge in [-0.05, 0) is 0 Å². The van der Waals surface area contributed by atoms with Gasteiger partial charge in [0.1, 0.15) is 0 Å². The number of fused-ring (bicyclic) bond motifs is 3. The molecular formula is C20H14SSe.